The zero-order valence-electron chi connectivity index (χ0n) is 12.4. The predicted octanol–water partition coefficient (Wildman–Crippen LogP) is 3.63. The third-order valence-electron chi connectivity index (χ3n) is 3.71. The normalized spacial score (nSPS) is 15.0. The van der Waals surface area contributed by atoms with Crippen LogP contribution in [0.15, 0.2) is 48.5 Å². The summed E-state index contributed by atoms with van der Waals surface area (Å²) in [5.74, 6) is 0.0243. The van der Waals surface area contributed by atoms with Crippen LogP contribution in [0.2, 0.25) is 0 Å². The number of anilines is 1. The van der Waals surface area contributed by atoms with Gasteiger partial charge in [0.1, 0.15) is 6.61 Å². The Morgan fingerprint density at radius 3 is 2.48 bits per heavy atom. The molecule has 0 unspecified atom stereocenters. The minimum Gasteiger partial charge on any atom is -0.367 e. The molecule has 3 nitrogen and oxygen atoms in total. The van der Waals surface area contributed by atoms with Gasteiger partial charge in [0.2, 0.25) is 0 Å². The van der Waals surface area contributed by atoms with Crippen molar-refractivity contribution in [3.8, 4) is 11.1 Å². The molecule has 0 bridgehead atoms. The molecule has 21 heavy (non-hydrogen) atoms. The Hall–Kier alpha value is -2.13. The van der Waals surface area contributed by atoms with Gasteiger partial charge < -0.3 is 9.64 Å². The number of hydrogen-bond acceptors (Lipinski definition) is 2. The Balaban J connectivity index is 2.06. The van der Waals surface area contributed by atoms with Crippen molar-refractivity contribution in [2.45, 2.75) is 26.5 Å². The monoisotopic (exact) mass is 281 g/mol. The third kappa shape index (κ3) is 2.69. The van der Waals surface area contributed by atoms with Crippen molar-refractivity contribution in [2.75, 3.05) is 11.5 Å². The predicted molar refractivity (Wildman–Crippen MR) is 84.2 cm³/mol. The standard InChI is InChI=1S/C18H19NO2/c1-13(2)19-17-9-8-15(14-6-4-3-5-7-14)10-16(17)11-21-12-18(19)20/h3-10,13H,11-12H2,1-2H3. The first kappa shape index (κ1) is 13.8. The van der Waals surface area contributed by atoms with Crippen LogP contribution >= 0.6 is 0 Å². The zero-order chi connectivity index (χ0) is 14.8. The summed E-state index contributed by atoms with van der Waals surface area (Å²) in [6.45, 7) is 4.68. The summed E-state index contributed by atoms with van der Waals surface area (Å²) in [4.78, 5) is 14.0. The second-order valence-electron chi connectivity index (χ2n) is 5.56. The van der Waals surface area contributed by atoms with E-state index >= 15 is 0 Å². The number of hydrogen-bond donors (Lipinski definition) is 0. The lowest BCUT2D eigenvalue weighted by atomic mass is 10.0. The maximum absolute atomic E-state index is 12.2. The molecule has 0 saturated heterocycles. The summed E-state index contributed by atoms with van der Waals surface area (Å²) >= 11 is 0. The lowest BCUT2D eigenvalue weighted by Crippen LogP contribution is -2.38. The van der Waals surface area contributed by atoms with E-state index < -0.39 is 0 Å². The lowest BCUT2D eigenvalue weighted by Gasteiger charge is -2.26. The van der Waals surface area contributed by atoms with Crippen LogP contribution in [-0.2, 0) is 16.1 Å². The topological polar surface area (TPSA) is 29.5 Å². The molecule has 108 valence electrons. The molecule has 3 rings (SSSR count). The highest BCUT2D eigenvalue weighted by molar-refractivity contribution is 5.96. The van der Waals surface area contributed by atoms with E-state index in [1.165, 1.54) is 5.56 Å². The number of rotatable bonds is 2. The smallest absolute Gasteiger partial charge is 0.253 e. The molecule has 0 saturated carbocycles. The Morgan fingerprint density at radius 2 is 1.76 bits per heavy atom. The van der Waals surface area contributed by atoms with Gasteiger partial charge >= 0.3 is 0 Å². The number of nitrogens with zero attached hydrogens (tertiary/aromatic N) is 1. The molecular weight excluding hydrogens is 262 g/mol. The minimum atomic E-state index is 0.0243. The van der Waals surface area contributed by atoms with Crippen molar-refractivity contribution in [1.29, 1.82) is 0 Å². The van der Waals surface area contributed by atoms with Crippen molar-refractivity contribution in [2.24, 2.45) is 0 Å². The minimum absolute atomic E-state index is 0.0243. The molecule has 1 aliphatic rings. The van der Waals surface area contributed by atoms with Crippen LogP contribution in [-0.4, -0.2) is 18.6 Å². The van der Waals surface area contributed by atoms with Crippen LogP contribution in [0.25, 0.3) is 11.1 Å². The first-order chi connectivity index (χ1) is 10.2. The average Bonchev–Trinajstić information content (AvgIpc) is 2.65. The van der Waals surface area contributed by atoms with Crippen LogP contribution in [0.3, 0.4) is 0 Å². The molecule has 0 N–H and O–H groups in total. The average molecular weight is 281 g/mol. The highest BCUT2D eigenvalue weighted by atomic mass is 16.5. The number of amides is 1. The lowest BCUT2D eigenvalue weighted by molar-refractivity contribution is -0.123. The zero-order valence-corrected chi connectivity index (χ0v) is 12.4. The van der Waals surface area contributed by atoms with Crippen molar-refractivity contribution < 1.29 is 9.53 Å². The maximum Gasteiger partial charge on any atom is 0.253 e. The molecule has 2 aromatic rings. The molecule has 0 atom stereocenters. The van der Waals surface area contributed by atoms with Crippen LogP contribution in [0.4, 0.5) is 5.69 Å². The Morgan fingerprint density at radius 1 is 1.00 bits per heavy atom. The number of fused-ring (bicyclic) bond motifs is 1. The van der Waals surface area contributed by atoms with Gasteiger partial charge in [0.25, 0.3) is 5.91 Å². The first-order valence-electron chi connectivity index (χ1n) is 7.25. The SMILES string of the molecule is CC(C)N1C(=O)COCc2cc(-c3ccccc3)ccc21. The summed E-state index contributed by atoms with van der Waals surface area (Å²) in [7, 11) is 0. The number of carbonyl (C=O) groups excluding carboxylic acids is 1. The number of carbonyl (C=O) groups is 1. The van der Waals surface area contributed by atoms with Gasteiger partial charge in [-0.3, -0.25) is 4.79 Å². The van der Waals surface area contributed by atoms with Crippen molar-refractivity contribution in [3.05, 3.63) is 54.1 Å². The van der Waals surface area contributed by atoms with Gasteiger partial charge in [-0.15, -0.1) is 0 Å². The van der Waals surface area contributed by atoms with Gasteiger partial charge in [-0.1, -0.05) is 36.4 Å². The highest BCUT2D eigenvalue weighted by Crippen LogP contribution is 2.31. The van der Waals surface area contributed by atoms with E-state index in [2.05, 4.69) is 24.3 Å². The summed E-state index contributed by atoms with van der Waals surface area (Å²) in [5.41, 5.74) is 4.35. The van der Waals surface area contributed by atoms with Gasteiger partial charge in [-0.05, 0) is 37.1 Å². The number of benzene rings is 2. The van der Waals surface area contributed by atoms with E-state index in [-0.39, 0.29) is 18.6 Å². The van der Waals surface area contributed by atoms with Crippen molar-refractivity contribution in [1.82, 2.24) is 0 Å². The molecule has 1 heterocycles. The molecule has 0 radical (unpaired) electrons. The van der Waals surface area contributed by atoms with Crippen LogP contribution in [0, 0.1) is 0 Å². The molecule has 1 amide bonds. The van der Waals surface area contributed by atoms with E-state index in [9.17, 15) is 4.79 Å². The van der Waals surface area contributed by atoms with Gasteiger partial charge in [0.15, 0.2) is 0 Å². The summed E-state index contributed by atoms with van der Waals surface area (Å²) in [6, 6.07) is 16.6. The van der Waals surface area contributed by atoms with E-state index in [1.54, 1.807) is 0 Å². The molecule has 0 aliphatic carbocycles. The summed E-state index contributed by atoms with van der Waals surface area (Å²) in [5, 5.41) is 0. The largest absolute Gasteiger partial charge is 0.367 e. The quantitative estimate of drug-likeness (QED) is 0.841. The van der Waals surface area contributed by atoms with E-state index in [4.69, 9.17) is 4.74 Å². The molecule has 0 fully saturated rings. The molecule has 2 aromatic carbocycles. The molecule has 1 aliphatic heterocycles. The van der Waals surface area contributed by atoms with E-state index in [1.807, 2.05) is 43.0 Å². The van der Waals surface area contributed by atoms with Gasteiger partial charge in [0, 0.05) is 17.3 Å². The summed E-state index contributed by atoms with van der Waals surface area (Å²) < 4.78 is 5.51. The van der Waals surface area contributed by atoms with E-state index in [0.29, 0.717) is 6.61 Å². The molecular formula is C18H19NO2. The third-order valence-corrected chi connectivity index (χ3v) is 3.71. The van der Waals surface area contributed by atoms with Crippen LogP contribution in [0.5, 0.6) is 0 Å². The maximum atomic E-state index is 12.2. The van der Waals surface area contributed by atoms with Crippen LogP contribution in [0.1, 0.15) is 19.4 Å². The van der Waals surface area contributed by atoms with E-state index in [0.717, 1.165) is 16.8 Å². The van der Waals surface area contributed by atoms with Gasteiger partial charge in [0.05, 0.1) is 6.61 Å². The van der Waals surface area contributed by atoms with Crippen molar-refractivity contribution >= 4 is 11.6 Å². The first-order valence-corrected chi connectivity index (χ1v) is 7.25. The van der Waals surface area contributed by atoms with Gasteiger partial charge in [-0.2, -0.15) is 0 Å². The fourth-order valence-corrected chi connectivity index (χ4v) is 2.76. The Bertz CT molecular complexity index is 650. The fourth-order valence-electron chi connectivity index (χ4n) is 2.76. The second-order valence-corrected chi connectivity index (χ2v) is 5.56. The number of ether oxygens (including phenoxy) is 1. The Labute approximate surface area is 125 Å². The summed E-state index contributed by atoms with van der Waals surface area (Å²) in [6.07, 6.45) is 0. The second kappa shape index (κ2) is 5.70. The molecule has 3 heteroatoms. The molecule has 0 spiro atoms. The fraction of sp³-hybridized carbons (Fsp3) is 0.278. The molecule has 0 aromatic heterocycles. The van der Waals surface area contributed by atoms with Crippen molar-refractivity contribution in [3.63, 3.8) is 0 Å². The Kier molecular flexibility index (Phi) is 3.76. The van der Waals surface area contributed by atoms with Gasteiger partial charge in [-0.25, -0.2) is 0 Å². The highest BCUT2D eigenvalue weighted by Gasteiger charge is 2.25. The van der Waals surface area contributed by atoms with Crippen LogP contribution < -0.4 is 4.90 Å².